The van der Waals surface area contributed by atoms with Gasteiger partial charge in [0.15, 0.2) is 28.8 Å². The van der Waals surface area contributed by atoms with Crippen molar-refractivity contribution in [2.75, 3.05) is 13.6 Å². The van der Waals surface area contributed by atoms with E-state index in [9.17, 15) is 9.59 Å². The molecule has 2 fully saturated rings. The van der Waals surface area contributed by atoms with Crippen molar-refractivity contribution < 1.29 is 33.3 Å². The van der Waals surface area contributed by atoms with E-state index in [0.29, 0.717) is 56.4 Å². The number of ketones is 1. The van der Waals surface area contributed by atoms with E-state index in [1.807, 2.05) is 97.1 Å². The molecule has 3 heterocycles. The molecular formula is C35H23NO7. The molecule has 1 N–H and O–H groups in total. The summed E-state index contributed by atoms with van der Waals surface area (Å²) in [7, 11) is 0. The monoisotopic (exact) mass is 569 g/mol. The summed E-state index contributed by atoms with van der Waals surface area (Å²) in [5.41, 5.74) is 1.10. The Hall–Kier alpha value is -5.37. The van der Waals surface area contributed by atoms with Gasteiger partial charge in [0.2, 0.25) is 25.4 Å². The van der Waals surface area contributed by atoms with Crippen LogP contribution >= 0.6 is 0 Å². The van der Waals surface area contributed by atoms with Gasteiger partial charge in [0.1, 0.15) is 0 Å². The smallest absolute Gasteiger partial charge is 0.232 e. The molecule has 4 unspecified atom stereocenters. The highest BCUT2D eigenvalue weighted by Gasteiger charge is 2.81. The van der Waals surface area contributed by atoms with Gasteiger partial charge in [-0.15, -0.1) is 0 Å². The van der Waals surface area contributed by atoms with Crippen LogP contribution in [0.15, 0.2) is 97.1 Å². The van der Waals surface area contributed by atoms with E-state index >= 15 is 4.79 Å². The number of carbonyl (C=O) groups is 3. The van der Waals surface area contributed by atoms with Crippen molar-refractivity contribution in [3.63, 3.8) is 0 Å². The lowest BCUT2D eigenvalue weighted by atomic mass is 9.59. The molecule has 4 atom stereocenters. The number of carbonyl (C=O) groups excluding carboxylic acids is 3. The topological polar surface area (TPSA) is 100 Å². The first-order valence-corrected chi connectivity index (χ1v) is 14.1. The number of imide groups is 1. The molecule has 2 bridgehead atoms. The van der Waals surface area contributed by atoms with Crippen LogP contribution in [-0.4, -0.2) is 31.2 Å². The van der Waals surface area contributed by atoms with Crippen LogP contribution in [0.4, 0.5) is 0 Å². The molecule has 4 aromatic rings. The normalized spacial score (nSPS) is 27.6. The van der Waals surface area contributed by atoms with Crippen LogP contribution in [0, 0.1) is 11.8 Å². The second-order valence-corrected chi connectivity index (χ2v) is 11.4. The quantitative estimate of drug-likeness (QED) is 0.364. The molecule has 2 amide bonds. The van der Waals surface area contributed by atoms with E-state index in [2.05, 4.69) is 5.32 Å². The molecule has 210 valence electrons. The average Bonchev–Trinajstić information content (AvgIpc) is 3.85. The number of allylic oxidation sites excluding steroid dienone is 2. The van der Waals surface area contributed by atoms with Crippen molar-refractivity contribution in [3.8, 4) is 23.0 Å². The zero-order valence-corrected chi connectivity index (χ0v) is 22.7. The minimum absolute atomic E-state index is 0.0885. The number of rotatable bonds is 4. The van der Waals surface area contributed by atoms with Gasteiger partial charge in [0, 0.05) is 0 Å². The maximum absolute atomic E-state index is 15.7. The Kier molecular flexibility index (Phi) is 4.71. The minimum atomic E-state index is -1.47. The molecule has 1 saturated heterocycles. The molecule has 9 rings (SSSR count). The molecule has 1 saturated carbocycles. The third kappa shape index (κ3) is 2.83. The van der Waals surface area contributed by atoms with Crippen LogP contribution in [0.3, 0.4) is 0 Å². The average molecular weight is 570 g/mol. The van der Waals surface area contributed by atoms with Gasteiger partial charge in [0.25, 0.3) is 0 Å². The molecule has 8 heteroatoms. The van der Waals surface area contributed by atoms with E-state index in [1.54, 1.807) is 0 Å². The number of ether oxygens (including phenoxy) is 4. The molecule has 5 aliphatic rings. The summed E-state index contributed by atoms with van der Waals surface area (Å²) in [6.45, 7) is 0.177. The molecule has 2 aliphatic carbocycles. The van der Waals surface area contributed by atoms with Crippen LogP contribution in [0.1, 0.15) is 22.3 Å². The Morgan fingerprint density at radius 2 is 0.953 bits per heavy atom. The first-order chi connectivity index (χ1) is 21.1. The number of benzene rings is 4. The molecule has 3 aliphatic heterocycles. The second kappa shape index (κ2) is 8.35. The lowest BCUT2D eigenvalue weighted by Gasteiger charge is -2.39. The van der Waals surface area contributed by atoms with E-state index in [4.69, 9.17) is 18.9 Å². The van der Waals surface area contributed by atoms with Crippen LogP contribution < -0.4 is 24.3 Å². The predicted octanol–water partition coefficient (Wildman–Crippen LogP) is 4.42. The Morgan fingerprint density at radius 1 is 0.535 bits per heavy atom. The molecule has 0 radical (unpaired) electrons. The van der Waals surface area contributed by atoms with Crippen molar-refractivity contribution in [2.24, 2.45) is 11.8 Å². The Bertz CT molecular complexity index is 1800. The van der Waals surface area contributed by atoms with Gasteiger partial charge < -0.3 is 18.9 Å². The zero-order chi connectivity index (χ0) is 28.9. The van der Waals surface area contributed by atoms with Gasteiger partial charge in [-0.05, 0) is 57.7 Å². The van der Waals surface area contributed by atoms with Gasteiger partial charge in [-0.2, -0.15) is 0 Å². The summed E-state index contributed by atoms with van der Waals surface area (Å²) < 4.78 is 22.8. The van der Waals surface area contributed by atoms with Gasteiger partial charge in [-0.3, -0.25) is 19.7 Å². The largest absolute Gasteiger partial charge is 0.454 e. The van der Waals surface area contributed by atoms with Gasteiger partial charge >= 0.3 is 0 Å². The Morgan fingerprint density at radius 3 is 1.40 bits per heavy atom. The standard InChI is InChI=1S/C35H23NO7/c37-31-29-30(32(38)36-31)35(22-9-5-2-6-10-22)28(20-12-14-24-26(16-20)43-18-41-24)27(19-11-13-23-25(15-19)42-17-40-23)34(29,33(35)39)21-7-3-1-4-8-21/h1-16,29-30H,17-18H2,(H,36,37,38). The third-order valence-electron chi connectivity index (χ3n) is 9.61. The number of nitrogens with one attached hydrogen (secondary N) is 1. The number of hydrogen-bond donors (Lipinski definition) is 1. The van der Waals surface area contributed by atoms with Crippen molar-refractivity contribution in [1.29, 1.82) is 0 Å². The van der Waals surface area contributed by atoms with Crippen molar-refractivity contribution in [3.05, 3.63) is 119 Å². The summed E-state index contributed by atoms with van der Waals surface area (Å²) in [5.74, 6) is -0.738. The predicted molar refractivity (Wildman–Crippen MR) is 153 cm³/mol. The second-order valence-electron chi connectivity index (χ2n) is 11.4. The first-order valence-electron chi connectivity index (χ1n) is 14.1. The third-order valence-corrected chi connectivity index (χ3v) is 9.61. The maximum atomic E-state index is 15.7. The zero-order valence-electron chi connectivity index (χ0n) is 22.7. The fourth-order valence-electron chi connectivity index (χ4n) is 8.16. The molecule has 43 heavy (non-hydrogen) atoms. The minimum Gasteiger partial charge on any atom is -0.454 e. The van der Waals surface area contributed by atoms with E-state index in [-0.39, 0.29) is 19.4 Å². The van der Waals surface area contributed by atoms with Crippen molar-refractivity contribution in [2.45, 2.75) is 10.8 Å². The number of amides is 2. The number of hydrogen-bond acceptors (Lipinski definition) is 7. The highest BCUT2D eigenvalue weighted by atomic mass is 16.7. The van der Waals surface area contributed by atoms with Crippen molar-refractivity contribution in [1.82, 2.24) is 5.32 Å². The van der Waals surface area contributed by atoms with Gasteiger partial charge in [-0.25, -0.2) is 0 Å². The fourth-order valence-corrected chi connectivity index (χ4v) is 8.16. The molecule has 0 aromatic heterocycles. The highest BCUT2D eigenvalue weighted by molar-refractivity contribution is 6.35. The lowest BCUT2D eigenvalue weighted by Crippen LogP contribution is -2.44. The van der Waals surface area contributed by atoms with Gasteiger partial charge in [0.05, 0.1) is 22.7 Å². The van der Waals surface area contributed by atoms with E-state index in [0.717, 1.165) is 0 Å². The van der Waals surface area contributed by atoms with Gasteiger partial charge in [-0.1, -0.05) is 72.8 Å². The summed E-state index contributed by atoms with van der Waals surface area (Å²) >= 11 is 0. The lowest BCUT2D eigenvalue weighted by molar-refractivity contribution is -0.132. The van der Waals surface area contributed by atoms with Crippen molar-refractivity contribution >= 4 is 28.7 Å². The summed E-state index contributed by atoms with van der Waals surface area (Å²) in [6, 6.07) is 29.9. The van der Waals surface area contributed by atoms with E-state index < -0.39 is 34.5 Å². The van der Waals surface area contributed by atoms with E-state index in [1.165, 1.54) is 0 Å². The van der Waals surface area contributed by atoms with Crippen LogP contribution in [0.5, 0.6) is 23.0 Å². The fraction of sp³-hybridized carbons (Fsp3) is 0.171. The van der Waals surface area contributed by atoms with Crippen LogP contribution in [0.25, 0.3) is 11.1 Å². The Labute approximate surface area is 245 Å². The molecule has 0 spiro atoms. The maximum Gasteiger partial charge on any atom is 0.232 e. The SMILES string of the molecule is O=C1NC(=O)C2C1C1(c3ccccc3)C(=O)C2(c2ccccc2)C(c2ccc3c(c2)OCO3)=C1c1ccc2c(c1)OCO2. The molecule has 4 aromatic carbocycles. The molecule has 8 nitrogen and oxygen atoms in total. The van der Waals surface area contributed by atoms with Crippen LogP contribution in [0.2, 0.25) is 0 Å². The number of fused-ring (bicyclic) bond motifs is 7. The Balaban J connectivity index is 1.49. The summed E-state index contributed by atoms with van der Waals surface area (Å²) in [5, 5.41) is 2.61. The number of Topliss-reactive ketones (excluding diaryl/α,β-unsaturated/α-hetero) is 1. The molecular weight excluding hydrogens is 546 g/mol. The van der Waals surface area contributed by atoms with Crippen LogP contribution in [-0.2, 0) is 25.2 Å². The summed E-state index contributed by atoms with van der Waals surface area (Å²) in [6.07, 6.45) is 0. The summed E-state index contributed by atoms with van der Waals surface area (Å²) in [4.78, 5) is 43.5. The first kappa shape index (κ1) is 24.2. The highest BCUT2D eigenvalue weighted by Crippen LogP contribution is 2.73.